The van der Waals surface area contributed by atoms with Crippen LogP contribution < -0.4 is 16.2 Å². The van der Waals surface area contributed by atoms with Crippen molar-refractivity contribution in [2.24, 2.45) is 0 Å². The monoisotopic (exact) mass is 567 g/mol. The van der Waals surface area contributed by atoms with Gasteiger partial charge in [-0.2, -0.15) is 13.2 Å². The Morgan fingerprint density at radius 3 is 2.35 bits per heavy atom. The van der Waals surface area contributed by atoms with Crippen LogP contribution in [0.4, 0.5) is 24.5 Å². The number of hydrogen-bond donors (Lipinski definition) is 2. The van der Waals surface area contributed by atoms with Crippen LogP contribution in [0.25, 0.3) is 15.3 Å². The van der Waals surface area contributed by atoms with Gasteiger partial charge in [0.25, 0.3) is 0 Å². The second-order valence-corrected chi connectivity index (χ2v) is 10.4. The van der Waals surface area contributed by atoms with Crippen molar-refractivity contribution in [2.45, 2.75) is 12.7 Å². The van der Waals surface area contributed by atoms with Gasteiger partial charge in [-0.3, -0.25) is 0 Å². The average molecular weight is 566 g/mol. The summed E-state index contributed by atoms with van der Waals surface area (Å²) in [6, 6.07) is 26.5. The van der Waals surface area contributed by atoms with Crippen LogP contribution >= 0.6 is 0 Å². The smallest absolute Gasteiger partial charge is 0.166 e. The van der Waals surface area contributed by atoms with Gasteiger partial charge in [-0.1, -0.05) is 6.07 Å². The van der Waals surface area contributed by atoms with Gasteiger partial charge in [0.15, 0.2) is 0 Å². The number of alkyl halides is 3. The number of anilines is 2. The van der Waals surface area contributed by atoms with E-state index < -0.39 is 11.7 Å². The predicted octanol–water partition coefficient (Wildman–Crippen LogP) is 5.74. The van der Waals surface area contributed by atoms with Crippen molar-refractivity contribution >= 4 is 41.7 Å². The second kappa shape index (κ2) is 10.1. The molecule has 2 N–H and O–H groups in total. The number of carbonyl (C=O) groups excluding carboxylic acids is 1. The molecule has 0 fully saturated rings. The molecule has 0 atom stereocenters. The summed E-state index contributed by atoms with van der Waals surface area (Å²) in [4.78, 5) is 25.6. The Balaban J connectivity index is 1.28. The van der Waals surface area contributed by atoms with Gasteiger partial charge in [0.05, 0.1) is 5.56 Å². The summed E-state index contributed by atoms with van der Waals surface area (Å²) in [7, 11) is 0. The van der Waals surface area contributed by atoms with Crippen molar-refractivity contribution in [1.82, 2.24) is 8.88 Å². The summed E-state index contributed by atoms with van der Waals surface area (Å²) in [5.74, 6) is -0.368. The van der Waals surface area contributed by atoms with Gasteiger partial charge >= 0.3 is 173 Å². The van der Waals surface area contributed by atoms with Crippen molar-refractivity contribution < 1.29 is 18.0 Å². The minimum absolute atomic E-state index is 0.0125. The van der Waals surface area contributed by atoms with Gasteiger partial charge in [0.1, 0.15) is 0 Å². The quantitative estimate of drug-likeness (QED) is 0.258. The molecule has 0 spiro atoms. The fourth-order valence-electron chi connectivity index (χ4n) is 3.89. The molecule has 0 aliphatic carbocycles. The van der Waals surface area contributed by atoms with Crippen LogP contribution in [0, 0.1) is 0 Å². The molecule has 37 heavy (non-hydrogen) atoms. The minimum Gasteiger partial charge on any atom is -0.166 e. The van der Waals surface area contributed by atoms with Gasteiger partial charge in [-0.25, -0.2) is 0 Å². The summed E-state index contributed by atoms with van der Waals surface area (Å²) < 4.78 is 42.0. The first kappa shape index (κ1) is 24.6. The van der Waals surface area contributed by atoms with Gasteiger partial charge in [0.2, 0.25) is 0 Å². The first-order valence-corrected chi connectivity index (χ1v) is 12.9. The van der Waals surface area contributed by atoms with Crippen LogP contribution in [0.2, 0.25) is 0 Å². The molecule has 1 aromatic heterocycles. The molecule has 1 amide bonds. The number of hydrogen-bond acceptors (Lipinski definition) is 3. The molecule has 5 nitrogen and oxygen atoms in total. The SMILES string of the molecule is O=C(NCc1ccc(-n2[se]c3ccccc3c2=O)cc1)c1ccccc1Nc1cccc(C(F)(F)F)c1. The Bertz CT molecular complexity index is 1640. The number of carbonyl (C=O) groups is 1. The summed E-state index contributed by atoms with van der Waals surface area (Å²) >= 11 is -0.125. The number of amides is 1. The van der Waals surface area contributed by atoms with Crippen molar-refractivity contribution in [3.8, 4) is 5.69 Å². The van der Waals surface area contributed by atoms with Gasteiger partial charge in [-0.05, 0) is 18.2 Å². The fourth-order valence-corrected chi connectivity index (χ4v) is 5.98. The van der Waals surface area contributed by atoms with Crippen LogP contribution in [0.1, 0.15) is 21.5 Å². The summed E-state index contributed by atoms with van der Waals surface area (Å²) in [5, 5.41) is 6.50. The third-order valence-corrected chi connectivity index (χ3v) is 8.09. The second-order valence-electron chi connectivity index (χ2n) is 8.29. The minimum atomic E-state index is -4.46. The molecule has 0 aliphatic heterocycles. The standard InChI is InChI=1S/C28H20F3N3O2Se/c29-28(30,31)19-6-5-7-20(16-19)33-24-10-3-1-8-22(24)26(35)32-17-18-12-14-21(15-13-18)34-27(36)23-9-2-4-11-25(23)37-34/h1-16,33H,17H2,(H,32,35). The first-order valence-electron chi connectivity index (χ1n) is 11.3. The van der Waals surface area contributed by atoms with Gasteiger partial charge < -0.3 is 0 Å². The topological polar surface area (TPSA) is 63.1 Å². The number of para-hydroxylation sites is 1. The molecular formula is C28H20F3N3O2Se. The Morgan fingerprint density at radius 1 is 0.865 bits per heavy atom. The van der Waals surface area contributed by atoms with E-state index >= 15 is 0 Å². The van der Waals surface area contributed by atoms with E-state index in [9.17, 15) is 22.8 Å². The first-order chi connectivity index (χ1) is 17.8. The molecule has 0 aliphatic rings. The van der Waals surface area contributed by atoms with E-state index in [0.29, 0.717) is 11.3 Å². The number of aromatic nitrogens is 1. The van der Waals surface area contributed by atoms with Crippen LogP contribution in [-0.4, -0.2) is 24.2 Å². The number of nitrogens with one attached hydrogen (secondary N) is 2. The van der Waals surface area contributed by atoms with E-state index in [0.717, 1.165) is 33.0 Å². The molecule has 5 rings (SSSR count). The van der Waals surface area contributed by atoms with E-state index in [2.05, 4.69) is 10.6 Å². The van der Waals surface area contributed by atoms with Crippen LogP contribution in [0.3, 0.4) is 0 Å². The fraction of sp³-hybridized carbons (Fsp3) is 0.0714. The normalized spacial score (nSPS) is 11.4. The molecule has 0 radical (unpaired) electrons. The number of halogens is 3. The van der Waals surface area contributed by atoms with Crippen molar-refractivity contribution in [3.05, 3.63) is 124 Å². The third kappa shape index (κ3) is 5.38. The summed E-state index contributed by atoms with van der Waals surface area (Å²) in [6.45, 7) is 0.246. The molecule has 0 bridgehead atoms. The number of benzene rings is 4. The Hall–Kier alpha value is -4.07. The van der Waals surface area contributed by atoms with E-state index in [-0.39, 0.29) is 38.4 Å². The Morgan fingerprint density at radius 2 is 1.59 bits per heavy atom. The molecule has 5 aromatic rings. The number of nitrogens with zero attached hydrogens (tertiary/aromatic N) is 1. The zero-order valence-electron chi connectivity index (χ0n) is 19.3. The predicted molar refractivity (Wildman–Crippen MR) is 139 cm³/mol. The van der Waals surface area contributed by atoms with E-state index in [1.54, 1.807) is 27.8 Å². The number of fused-ring (bicyclic) bond motifs is 1. The summed E-state index contributed by atoms with van der Waals surface area (Å²) in [6.07, 6.45) is -4.46. The Kier molecular flexibility index (Phi) is 6.74. The molecule has 186 valence electrons. The molecule has 0 saturated heterocycles. The maximum atomic E-state index is 13.1. The van der Waals surface area contributed by atoms with E-state index in [4.69, 9.17) is 0 Å². The van der Waals surface area contributed by atoms with E-state index in [1.807, 2.05) is 48.5 Å². The molecule has 0 saturated carbocycles. The molecule has 9 heteroatoms. The average Bonchev–Trinajstić information content (AvgIpc) is 3.24. The van der Waals surface area contributed by atoms with Crippen LogP contribution in [0.5, 0.6) is 0 Å². The maximum absolute atomic E-state index is 13.1. The van der Waals surface area contributed by atoms with Crippen LogP contribution in [0.15, 0.2) is 102 Å². The van der Waals surface area contributed by atoms with Crippen LogP contribution in [-0.2, 0) is 12.7 Å². The summed E-state index contributed by atoms with van der Waals surface area (Å²) in [5.41, 5.74) is 1.78. The Labute approximate surface area is 216 Å². The number of rotatable bonds is 6. The van der Waals surface area contributed by atoms with E-state index in [1.165, 1.54) is 12.1 Å². The molecular weight excluding hydrogens is 546 g/mol. The van der Waals surface area contributed by atoms with Gasteiger partial charge in [0, 0.05) is 0 Å². The van der Waals surface area contributed by atoms with Crippen molar-refractivity contribution in [3.63, 3.8) is 0 Å². The third-order valence-electron chi connectivity index (χ3n) is 5.76. The molecule has 1 heterocycles. The van der Waals surface area contributed by atoms with Gasteiger partial charge in [-0.15, -0.1) is 0 Å². The van der Waals surface area contributed by atoms with Crippen molar-refractivity contribution in [2.75, 3.05) is 5.32 Å². The van der Waals surface area contributed by atoms with Crippen molar-refractivity contribution in [1.29, 1.82) is 0 Å². The molecule has 4 aromatic carbocycles. The molecule has 0 unspecified atom stereocenters. The zero-order valence-corrected chi connectivity index (χ0v) is 21.0. The zero-order chi connectivity index (χ0) is 26.0.